The van der Waals surface area contributed by atoms with Crippen LogP contribution in [0.1, 0.15) is 29.6 Å². The lowest BCUT2D eigenvalue weighted by atomic mass is 10.0. The molecule has 5 heteroatoms. The maximum atomic E-state index is 12.3. The highest BCUT2D eigenvalue weighted by Gasteiger charge is 2.15. The van der Waals surface area contributed by atoms with Gasteiger partial charge in [0, 0.05) is 25.3 Å². The van der Waals surface area contributed by atoms with E-state index >= 15 is 0 Å². The van der Waals surface area contributed by atoms with Gasteiger partial charge in [-0.1, -0.05) is 18.2 Å². The summed E-state index contributed by atoms with van der Waals surface area (Å²) in [5.74, 6) is 2.00. The highest BCUT2D eigenvalue weighted by molar-refractivity contribution is 5.94. The highest BCUT2D eigenvalue weighted by Crippen LogP contribution is 2.32. The van der Waals surface area contributed by atoms with Crippen LogP contribution in [0.2, 0.25) is 0 Å². The Morgan fingerprint density at radius 2 is 1.81 bits per heavy atom. The SMILES string of the molecule is COc1ccc(-c2ccc(C(=O)NCCCC3CCOC3)cc2)cc1OC. The van der Waals surface area contributed by atoms with Crippen LogP contribution in [0.3, 0.4) is 0 Å². The molecule has 1 saturated heterocycles. The number of benzene rings is 2. The van der Waals surface area contributed by atoms with Crippen LogP contribution in [0.15, 0.2) is 42.5 Å². The van der Waals surface area contributed by atoms with Crippen LogP contribution >= 0.6 is 0 Å². The summed E-state index contributed by atoms with van der Waals surface area (Å²) in [5.41, 5.74) is 2.70. The van der Waals surface area contributed by atoms with Crippen molar-refractivity contribution in [2.75, 3.05) is 34.0 Å². The van der Waals surface area contributed by atoms with Crippen molar-refractivity contribution < 1.29 is 19.0 Å². The first-order chi connectivity index (χ1) is 13.2. The van der Waals surface area contributed by atoms with Gasteiger partial charge in [0.15, 0.2) is 11.5 Å². The Morgan fingerprint density at radius 1 is 1.07 bits per heavy atom. The summed E-state index contributed by atoms with van der Waals surface area (Å²) in [7, 11) is 3.24. The fraction of sp³-hybridized carbons (Fsp3) is 0.409. The lowest BCUT2D eigenvalue weighted by Crippen LogP contribution is -2.24. The van der Waals surface area contributed by atoms with Crippen molar-refractivity contribution in [2.24, 2.45) is 5.92 Å². The number of amides is 1. The third-order valence-corrected chi connectivity index (χ3v) is 4.96. The zero-order valence-electron chi connectivity index (χ0n) is 16.0. The third kappa shape index (κ3) is 5.01. The lowest BCUT2D eigenvalue weighted by Gasteiger charge is -2.11. The van der Waals surface area contributed by atoms with E-state index in [9.17, 15) is 4.79 Å². The normalized spacial score (nSPS) is 16.1. The molecule has 1 aliphatic rings. The number of methoxy groups -OCH3 is 2. The minimum atomic E-state index is -0.0310. The predicted octanol–water partition coefficient (Wildman–Crippen LogP) is 3.92. The van der Waals surface area contributed by atoms with Crippen LogP contribution in [-0.4, -0.2) is 39.9 Å². The molecule has 1 amide bonds. The number of hydrogen-bond donors (Lipinski definition) is 1. The maximum absolute atomic E-state index is 12.3. The number of rotatable bonds is 8. The van der Waals surface area contributed by atoms with Crippen LogP contribution in [0.25, 0.3) is 11.1 Å². The maximum Gasteiger partial charge on any atom is 0.251 e. The van der Waals surface area contributed by atoms with E-state index in [1.807, 2.05) is 42.5 Å². The van der Waals surface area contributed by atoms with Crippen LogP contribution in [0.4, 0.5) is 0 Å². The van der Waals surface area contributed by atoms with Crippen LogP contribution in [0, 0.1) is 5.92 Å². The average Bonchev–Trinajstić information content (AvgIpc) is 3.24. The molecule has 27 heavy (non-hydrogen) atoms. The van der Waals surface area contributed by atoms with Crippen molar-refractivity contribution in [3.63, 3.8) is 0 Å². The summed E-state index contributed by atoms with van der Waals surface area (Å²) >= 11 is 0. The molecule has 0 saturated carbocycles. The second kappa shape index (κ2) is 9.42. The van der Waals surface area contributed by atoms with Crippen molar-refractivity contribution in [1.29, 1.82) is 0 Å². The van der Waals surface area contributed by atoms with Crippen molar-refractivity contribution in [2.45, 2.75) is 19.3 Å². The standard InChI is InChI=1S/C22H27NO4/c1-25-20-10-9-19(14-21(20)26-2)17-5-7-18(8-6-17)22(24)23-12-3-4-16-11-13-27-15-16/h5-10,14,16H,3-4,11-13,15H2,1-2H3,(H,23,24). The lowest BCUT2D eigenvalue weighted by molar-refractivity contribution is 0.0952. The van der Waals surface area contributed by atoms with Crippen LogP contribution in [-0.2, 0) is 4.74 Å². The Bertz CT molecular complexity index is 751. The first-order valence-electron chi connectivity index (χ1n) is 9.39. The van der Waals surface area contributed by atoms with Gasteiger partial charge in [0.25, 0.3) is 5.91 Å². The van der Waals surface area contributed by atoms with Crippen LogP contribution < -0.4 is 14.8 Å². The van der Waals surface area contributed by atoms with Gasteiger partial charge in [0.05, 0.1) is 14.2 Å². The molecule has 5 nitrogen and oxygen atoms in total. The van der Waals surface area contributed by atoms with Gasteiger partial charge < -0.3 is 19.5 Å². The second-order valence-corrected chi connectivity index (χ2v) is 6.77. The van der Waals surface area contributed by atoms with Crippen LogP contribution in [0.5, 0.6) is 11.5 Å². The van der Waals surface area contributed by atoms with Gasteiger partial charge in [-0.25, -0.2) is 0 Å². The van der Waals surface area contributed by atoms with Gasteiger partial charge >= 0.3 is 0 Å². The van der Waals surface area contributed by atoms with E-state index in [4.69, 9.17) is 14.2 Å². The van der Waals surface area contributed by atoms with Gasteiger partial charge in [-0.2, -0.15) is 0 Å². The molecular formula is C22H27NO4. The van der Waals surface area contributed by atoms with Crippen molar-refractivity contribution in [3.05, 3.63) is 48.0 Å². The fourth-order valence-corrected chi connectivity index (χ4v) is 3.34. The monoisotopic (exact) mass is 369 g/mol. The summed E-state index contributed by atoms with van der Waals surface area (Å²) in [6, 6.07) is 13.4. The van der Waals surface area contributed by atoms with Gasteiger partial charge in [-0.3, -0.25) is 4.79 Å². The molecule has 0 radical (unpaired) electrons. The number of nitrogens with one attached hydrogen (secondary N) is 1. The molecule has 0 aromatic heterocycles. The molecule has 0 aliphatic carbocycles. The van der Waals surface area contributed by atoms with E-state index < -0.39 is 0 Å². The zero-order valence-corrected chi connectivity index (χ0v) is 16.0. The topological polar surface area (TPSA) is 56.8 Å². The van der Waals surface area contributed by atoms with Gasteiger partial charge in [-0.05, 0) is 60.6 Å². The first-order valence-corrected chi connectivity index (χ1v) is 9.39. The van der Waals surface area contributed by atoms with Crippen molar-refractivity contribution >= 4 is 5.91 Å². The second-order valence-electron chi connectivity index (χ2n) is 6.77. The van der Waals surface area contributed by atoms with Crippen molar-refractivity contribution in [3.8, 4) is 22.6 Å². The van der Waals surface area contributed by atoms with E-state index in [0.717, 1.165) is 43.6 Å². The van der Waals surface area contributed by atoms with Gasteiger partial charge in [0.1, 0.15) is 0 Å². The Morgan fingerprint density at radius 3 is 2.48 bits per heavy atom. The first kappa shape index (κ1) is 19.2. The Kier molecular flexibility index (Phi) is 6.71. The Labute approximate surface area is 160 Å². The predicted molar refractivity (Wildman–Crippen MR) is 105 cm³/mol. The van der Waals surface area contributed by atoms with E-state index in [-0.39, 0.29) is 5.91 Å². The highest BCUT2D eigenvalue weighted by atomic mass is 16.5. The van der Waals surface area contributed by atoms with E-state index in [1.54, 1.807) is 14.2 Å². The van der Waals surface area contributed by atoms with E-state index in [2.05, 4.69) is 5.32 Å². The summed E-state index contributed by atoms with van der Waals surface area (Å²) in [6.07, 6.45) is 3.24. The molecule has 2 aromatic rings. The summed E-state index contributed by atoms with van der Waals surface area (Å²) in [6.45, 7) is 2.45. The van der Waals surface area contributed by atoms with Gasteiger partial charge in [-0.15, -0.1) is 0 Å². The molecule has 144 valence electrons. The Balaban J connectivity index is 1.55. The van der Waals surface area contributed by atoms with Gasteiger partial charge in [0.2, 0.25) is 0 Å². The fourth-order valence-electron chi connectivity index (χ4n) is 3.34. The largest absolute Gasteiger partial charge is 0.493 e. The molecule has 0 spiro atoms. The smallest absolute Gasteiger partial charge is 0.251 e. The van der Waals surface area contributed by atoms with E-state index in [1.165, 1.54) is 0 Å². The molecule has 1 heterocycles. The number of hydrogen-bond acceptors (Lipinski definition) is 4. The van der Waals surface area contributed by atoms with E-state index in [0.29, 0.717) is 29.5 Å². The molecule has 3 rings (SSSR count). The summed E-state index contributed by atoms with van der Waals surface area (Å²) < 4.78 is 16.0. The third-order valence-electron chi connectivity index (χ3n) is 4.96. The number of carbonyl (C=O) groups excluding carboxylic acids is 1. The zero-order chi connectivity index (χ0) is 19.1. The summed E-state index contributed by atoms with van der Waals surface area (Å²) in [5, 5.41) is 3.00. The Hall–Kier alpha value is -2.53. The molecule has 1 unspecified atom stereocenters. The average molecular weight is 369 g/mol. The molecule has 1 fully saturated rings. The minimum absolute atomic E-state index is 0.0310. The number of ether oxygens (including phenoxy) is 3. The molecule has 0 bridgehead atoms. The minimum Gasteiger partial charge on any atom is -0.493 e. The molecule has 1 N–H and O–H groups in total. The molecular weight excluding hydrogens is 342 g/mol. The van der Waals surface area contributed by atoms with Crippen molar-refractivity contribution in [1.82, 2.24) is 5.32 Å². The molecule has 1 atom stereocenters. The molecule has 2 aromatic carbocycles. The quantitative estimate of drug-likeness (QED) is 0.717. The summed E-state index contributed by atoms with van der Waals surface area (Å²) in [4.78, 5) is 12.3. The molecule has 1 aliphatic heterocycles. The number of carbonyl (C=O) groups is 1.